The minimum absolute atomic E-state index is 0.320. The number of nitrogens with zero attached hydrogens (tertiary/aromatic N) is 3. The van der Waals surface area contributed by atoms with E-state index in [2.05, 4.69) is 14.9 Å². The number of ether oxygens (including phenoxy) is 1. The largest absolute Gasteiger partial charge is 0.454 e. The average molecular weight is 366 g/mol. The number of aromatic nitrogens is 2. The first-order chi connectivity index (χ1) is 12.8. The fourth-order valence-corrected chi connectivity index (χ4v) is 2.72. The lowest BCUT2D eigenvalue weighted by molar-refractivity contribution is 0.0864. The Hall–Kier alpha value is -3.39. The Bertz CT molecular complexity index is 995. The van der Waals surface area contributed by atoms with Gasteiger partial charge in [-0.05, 0) is 37.9 Å². The zero-order chi connectivity index (χ0) is 19.6. The second kappa shape index (κ2) is 7.46. The van der Waals surface area contributed by atoms with Gasteiger partial charge in [0.05, 0.1) is 11.7 Å². The molecule has 3 aromatic rings. The molecule has 0 fully saturated rings. The van der Waals surface area contributed by atoms with Crippen LogP contribution in [0.15, 0.2) is 42.7 Å². The van der Waals surface area contributed by atoms with Gasteiger partial charge in [-0.3, -0.25) is 20.1 Å². The predicted octanol–water partition coefficient (Wildman–Crippen LogP) is 2.38. The summed E-state index contributed by atoms with van der Waals surface area (Å²) in [7, 11) is 5.43. The van der Waals surface area contributed by atoms with Gasteiger partial charge in [-0.2, -0.15) is 0 Å². The van der Waals surface area contributed by atoms with Crippen molar-refractivity contribution in [2.24, 2.45) is 5.73 Å². The summed E-state index contributed by atoms with van der Waals surface area (Å²) in [6.45, 7) is 0.757. The number of hydrogen-bond donors (Lipinski definition) is 3. The van der Waals surface area contributed by atoms with Gasteiger partial charge in [0.1, 0.15) is 11.4 Å². The van der Waals surface area contributed by atoms with Gasteiger partial charge in [-0.25, -0.2) is 0 Å². The highest BCUT2D eigenvalue weighted by molar-refractivity contribution is 6.06. The normalized spacial score (nSPS) is 11.0. The minimum Gasteiger partial charge on any atom is -0.454 e. The molecule has 0 spiro atoms. The Balaban J connectivity index is 1.92. The van der Waals surface area contributed by atoms with Gasteiger partial charge in [0, 0.05) is 25.2 Å². The Morgan fingerprint density at radius 1 is 1.26 bits per heavy atom. The molecule has 0 aliphatic heterocycles. The monoisotopic (exact) mass is 366 g/mol. The predicted molar refractivity (Wildman–Crippen MR) is 104 cm³/mol. The van der Waals surface area contributed by atoms with Crippen molar-refractivity contribution in [1.82, 2.24) is 19.8 Å². The van der Waals surface area contributed by atoms with Crippen LogP contribution in [-0.4, -0.2) is 52.8 Å². The summed E-state index contributed by atoms with van der Waals surface area (Å²) in [5.74, 6) is 0.490. The zero-order valence-electron chi connectivity index (χ0n) is 15.5. The van der Waals surface area contributed by atoms with Gasteiger partial charge >= 0.3 is 0 Å². The molecule has 8 nitrogen and oxygen atoms in total. The van der Waals surface area contributed by atoms with Crippen molar-refractivity contribution in [3.63, 3.8) is 0 Å². The van der Waals surface area contributed by atoms with Crippen LogP contribution < -0.4 is 10.5 Å². The van der Waals surface area contributed by atoms with Gasteiger partial charge in [-0.1, -0.05) is 12.1 Å². The number of nitrogens with one attached hydrogen (secondary N) is 2. The second-order valence-electron chi connectivity index (χ2n) is 6.52. The fourth-order valence-electron chi connectivity index (χ4n) is 2.72. The molecule has 2 aromatic heterocycles. The number of fused-ring (bicyclic) bond motifs is 1. The molecule has 140 valence electrons. The van der Waals surface area contributed by atoms with E-state index in [4.69, 9.17) is 15.9 Å². The van der Waals surface area contributed by atoms with E-state index in [1.54, 1.807) is 18.5 Å². The Kier molecular flexibility index (Phi) is 5.09. The van der Waals surface area contributed by atoms with Crippen LogP contribution in [-0.2, 0) is 6.54 Å². The molecule has 0 atom stereocenters. The number of carbonyl (C=O) groups is 1. The van der Waals surface area contributed by atoms with Crippen molar-refractivity contribution in [2.75, 3.05) is 21.1 Å². The van der Waals surface area contributed by atoms with Crippen LogP contribution in [0.5, 0.6) is 11.5 Å². The third kappa shape index (κ3) is 4.06. The van der Waals surface area contributed by atoms with Gasteiger partial charge < -0.3 is 20.4 Å². The summed E-state index contributed by atoms with van der Waals surface area (Å²) in [5.41, 5.74) is 7.45. The zero-order valence-corrected chi connectivity index (χ0v) is 15.5. The van der Waals surface area contributed by atoms with Crippen LogP contribution in [0.2, 0.25) is 0 Å². The molecule has 0 saturated carbocycles. The SMILES string of the molecule is CN(C)Cc1cncc(Oc2cccc3cc(C(=O)N(C)C(=N)N)[nH]c23)c1. The van der Waals surface area contributed by atoms with E-state index in [0.29, 0.717) is 22.7 Å². The van der Waals surface area contributed by atoms with E-state index in [9.17, 15) is 4.79 Å². The van der Waals surface area contributed by atoms with Crippen LogP contribution in [0.25, 0.3) is 10.9 Å². The fraction of sp³-hybridized carbons (Fsp3) is 0.211. The quantitative estimate of drug-likeness (QED) is 0.474. The summed E-state index contributed by atoms with van der Waals surface area (Å²) in [4.78, 5) is 22.8. The molecule has 0 aliphatic rings. The molecule has 1 aromatic carbocycles. The molecule has 3 rings (SSSR count). The van der Waals surface area contributed by atoms with E-state index in [1.165, 1.54) is 7.05 Å². The number of benzene rings is 1. The highest BCUT2D eigenvalue weighted by atomic mass is 16.5. The smallest absolute Gasteiger partial charge is 0.276 e. The molecule has 4 N–H and O–H groups in total. The second-order valence-corrected chi connectivity index (χ2v) is 6.52. The van der Waals surface area contributed by atoms with Crippen LogP contribution in [0.1, 0.15) is 16.1 Å². The topological polar surface area (TPSA) is 111 Å². The van der Waals surface area contributed by atoms with Gasteiger partial charge in [0.25, 0.3) is 5.91 Å². The molecule has 8 heteroatoms. The number of nitrogens with two attached hydrogens (primary N) is 1. The van der Waals surface area contributed by atoms with Gasteiger partial charge in [0.15, 0.2) is 11.7 Å². The van der Waals surface area contributed by atoms with Crippen molar-refractivity contribution in [2.45, 2.75) is 6.54 Å². The summed E-state index contributed by atoms with van der Waals surface area (Å²) >= 11 is 0. The number of amides is 1. The lowest BCUT2D eigenvalue weighted by Crippen LogP contribution is -2.38. The Labute approximate surface area is 157 Å². The maximum Gasteiger partial charge on any atom is 0.276 e. The average Bonchev–Trinajstić information content (AvgIpc) is 3.05. The van der Waals surface area contributed by atoms with Gasteiger partial charge in [-0.15, -0.1) is 0 Å². The van der Waals surface area contributed by atoms with Crippen LogP contribution in [0.3, 0.4) is 0 Å². The molecular formula is C19H22N6O2. The number of hydrogen-bond acceptors (Lipinski definition) is 5. The first-order valence-electron chi connectivity index (χ1n) is 8.35. The van der Waals surface area contributed by atoms with E-state index >= 15 is 0 Å². The van der Waals surface area contributed by atoms with E-state index < -0.39 is 0 Å². The number of H-pyrrole nitrogens is 1. The highest BCUT2D eigenvalue weighted by Gasteiger charge is 2.17. The van der Waals surface area contributed by atoms with Crippen molar-refractivity contribution < 1.29 is 9.53 Å². The molecule has 27 heavy (non-hydrogen) atoms. The third-order valence-electron chi connectivity index (χ3n) is 4.01. The lowest BCUT2D eigenvalue weighted by Gasteiger charge is -2.13. The summed E-state index contributed by atoms with van der Waals surface area (Å²) in [6, 6.07) is 9.20. The van der Waals surface area contributed by atoms with Crippen molar-refractivity contribution in [1.29, 1.82) is 5.41 Å². The number of guanidine groups is 1. The van der Waals surface area contributed by atoms with Crippen LogP contribution in [0.4, 0.5) is 0 Å². The number of rotatable bonds is 5. The maximum absolute atomic E-state index is 12.4. The Morgan fingerprint density at radius 2 is 2.04 bits per heavy atom. The summed E-state index contributed by atoms with van der Waals surface area (Å²) in [5, 5.41) is 8.23. The van der Waals surface area contributed by atoms with E-state index in [0.717, 1.165) is 22.4 Å². The molecule has 0 unspecified atom stereocenters. The molecule has 0 bridgehead atoms. The molecule has 0 aliphatic carbocycles. The van der Waals surface area contributed by atoms with Crippen LogP contribution >= 0.6 is 0 Å². The molecule has 0 radical (unpaired) electrons. The Morgan fingerprint density at radius 3 is 2.74 bits per heavy atom. The first kappa shape index (κ1) is 18.4. The molecule has 2 heterocycles. The van der Waals surface area contributed by atoms with Crippen molar-refractivity contribution >= 4 is 22.8 Å². The number of carbonyl (C=O) groups excluding carboxylic acids is 1. The molecule has 1 amide bonds. The summed E-state index contributed by atoms with van der Waals surface area (Å²) < 4.78 is 6.01. The van der Waals surface area contributed by atoms with Crippen molar-refractivity contribution in [3.05, 3.63) is 54.0 Å². The van der Waals surface area contributed by atoms with E-state index in [1.807, 2.05) is 38.4 Å². The maximum atomic E-state index is 12.4. The minimum atomic E-state index is -0.390. The van der Waals surface area contributed by atoms with E-state index in [-0.39, 0.29) is 11.9 Å². The van der Waals surface area contributed by atoms with Crippen LogP contribution in [0, 0.1) is 5.41 Å². The highest BCUT2D eigenvalue weighted by Crippen LogP contribution is 2.30. The molecular weight excluding hydrogens is 344 g/mol. The molecule has 0 saturated heterocycles. The standard InChI is InChI=1S/C19H22N6O2/c1-24(2)11-12-7-14(10-22-9-12)27-16-6-4-5-13-8-15(23-17(13)16)18(26)25(3)19(20)21/h4-10,23H,11H2,1-3H3,(H3,20,21). The number of para-hydroxylation sites is 1. The number of pyridine rings is 1. The first-order valence-corrected chi connectivity index (χ1v) is 8.35. The van der Waals surface area contributed by atoms with Crippen molar-refractivity contribution in [3.8, 4) is 11.5 Å². The third-order valence-corrected chi connectivity index (χ3v) is 4.01. The lowest BCUT2D eigenvalue weighted by atomic mass is 10.2. The van der Waals surface area contributed by atoms with Gasteiger partial charge in [0.2, 0.25) is 0 Å². The number of aromatic amines is 1. The summed E-state index contributed by atoms with van der Waals surface area (Å²) in [6.07, 6.45) is 3.45.